The highest BCUT2D eigenvalue weighted by Crippen LogP contribution is 2.28. The molecular formula is C18H15ClN2O2. The van der Waals surface area contributed by atoms with E-state index in [0.717, 1.165) is 5.56 Å². The minimum Gasteiger partial charge on any atom is -0.314 e. The Bertz CT molecular complexity index is 784. The maximum Gasteiger partial charge on any atom is 0.243 e. The highest BCUT2D eigenvalue weighted by molar-refractivity contribution is 6.30. The average Bonchev–Trinajstić information content (AvgIpc) is 2.57. The molecule has 0 saturated carbocycles. The van der Waals surface area contributed by atoms with Gasteiger partial charge in [-0.15, -0.1) is 0 Å². The van der Waals surface area contributed by atoms with Gasteiger partial charge in [0.05, 0.1) is 12.2 Å². The lowest BCUT2D eigenvalue weighted by Crippen LogP contribution is -2.43. The van der Waals surface area contributed by atoms with Crippen molar-refractivity contribution in [1.82, 2.24) is 0 Å². The number of carbonyl (C=O) groups is 2. The number of carbonyl (C=O) groups excluding carboxylic acids is 2. The van der Waals surface area contributed by atoms with Crippen molar-refractivity contribution in [1.29, 1.82) is 0 Å². The summed E-state index contributed by atoms with van der Waals surface area (Å²) in [5.41, 5.74) is 2.16. The lowest BCUT2D eigenvalue weighted by Gasteiger charge is -2.28. The molecule has 1 amide bonds. The van der Waals surface area contributed by atoms with Gasteiger partial charge in [-0.05, 0) is 29.8 Å². The fourth-order valence-electron chi connectivity index (χ4n) is 2.57. The molecule has 1 atom stereocenters. The monoisotopic (exact) mass is 326 g/mol. The zero-order valence-electron chi connectivity index (χ0n) is 12.6. The number of para-hydroxylation sites is 1. The summed E-state index contributed by atoms with van der Waals surface area (Å²) < 4.78 is 0. The number of aliphatic imine (C=N–C) groups is 1. The van der Waals surface area contributed by atoms with Crippen molar-refractivity contribution in [2.75, 3.05) is 11.9 Å². The topological polar surface area (TPSA) is 49.7 Å². The number of benzene rings is 2. The van der Waals surface area contributed by atoms with Crippen LogP contribution in [0.2, 0.25) is 5.02 Å². The number of halogens is 1. The van der Waals surface area contributed by atoms with Crippen molar-refractivity contribution in [3.63, 3.8) is 0 Å². The van der Waals surface area contributed by atoms with Gasteiger partial charge in [0, 0.05) is 23.8 Å². The van der Waals surface area contributed by atoms with E-state index in [0.29, 0.717) is 22.8 Å². The first-order valence-corrected chi connectivity index (χ1v) is 7.61. The van der Waals surface area contributed by atoms with Gasteiger partial charge in [0.1, 0.15) is 5.92 Å². The molecule has 0 aromatic heterocycles. The minimum absolute atomic E-state index is 0.205. The molecule has 5 heteroatoms. The summed E-state index contributed by atoms with van der Waals surface area (Å²) in [7, 11) is 1.67. The van der Waals surface area contributed by atoms with Crippen LogP contribution in [0.3, 0.4) is 0 Å². The van der Waals surface area contributed by atoms with E-state index in [1.54, 1.807) is 37.4 Å². The van der Waals surface area contributed by atoms with Crippen LogP contribution in [0.25, 0.3) is 0 Å². The molecule has 2 aromatic rings. The number of hydrogen-bond acceptors (Lipinski definition) is 3. The van der Waals surface area contributed by atoms with Crippen LogP contribution in [0.1, 0.15) is 15.9 Å². The number of amides is 1. The van der Waals surface area contributed by atoms with Gasteiger partial charge < -0.3 is 4.90 Å². The van der Waals surface area contributed by atoms with E-state index < -0.39 is 5.92 Å². The van der Waals surface area contributed by atoms with E-state index in [9.17, 15) is 9.59 Å². The molecule has 4 nitrogen and oxygen atoms in total. The smallest absolute Gasteiger partial charge is 0.243 e. The van der Waals surface area contributed by atoms with Gasteiger partial charge in [-0.2, -0.15) is 0 Å². The van der Waals surface area contributed by atoms with Crippen LogP contribution in [-0.4, -0.2) is 25.0 Å². The third-order valence-electron chi connectivity index (χ3n) is 3.85. The molecule has 0 fully saturated rings. The predicted molar refractivity (Wildman–Crippen MR) is 91.3 cm³/mol. The Morgan fingerprint density at radius 3 is 2.57 bits per heavy atom. The van der Waals surface area contributed by atoms with Crippen molar-refractivity contribution in [3.8, 4) is 0 Å². The Balaban J connectivity index is 1.80. The molecule has 1 aliphatic rings. The number of anilines is 1. The second kappa shape index (κ2) is 6.34. The first-order valence-electron chi connectivity index (χ1n) is 7.23. The lowest BCUT2D eigenvalue weighted by molar-refractivity contribution is -0.119. The van der Waals surface area contributed by atoms with Crippen molar-refractivity contribution in [2.24, 2.45) is 10.9 Å². The van der Waals surface area contributed by atoms with Gasteiger partial charge in [-0.1, -0.05) is 35.9 Å². The predicted octanol–water partition coefficient (Wildman–Crippen LogP) is 3.39. The fraction of sp³-hybridized carbons (Fsp3) is 0.167. The number of fused-ring (bicyclic) bond motifs is 1. The van der Waals surface area contributed by atoms with Gasteiger partial charge in [-0.3, -0.25) is 14.6 Å². The highest BCUT2D eigenvalue weighted by atomic mass is 35.5. The number of Topliss-reactive ketones (excluding diaryl/α,β-unsaturated/α-hetero) is 1. The maximum absolute atomic E-state index is 12.5. The summed E-state index contributed by atoms with van der Waals surface area (Å²) >= 11 is 5.84. The van der Waals surface area contributed by atoms with E-state index in [4.69, 9.17) is 11.6 Å². The molecule has 0 bridgehead atoms. The van der Waals surface area contributed by atoms with E-state index in [1.165, 1.54) is 11.1 Å². The standard InChI is InChI=1S/C18H15ClN2O2/c1-21-16-5-3-2-4-14(16)17(22)15(18(21)23)11-20-10-12-6-8-13(19)9-7-12/h2-9,11,15H,10H2,1H3/t15-/m1/s1. The third kappa shape index (κ3) is 3.03. The van der Waals surface area contributed by atoms with Crippen LogP contribution in [-0.2, 0) is 11.3 Å². The Kier molecular flexibility index (Phi) is 4.26. The van der Waals surface area contributed by atoms with E-state index >= 15 is 0 Å². The first kappa shape index (κ1) is 15.4. The molecule has 116 valence electrons. The molecule has 0 N–H and O–H groups in total. The fourth-order valence-corrected chi connectivity index (χ4v) is 2.69. The van der Waals surface area contributed by atoms with Gasteiger partial charge in [-0.25, -0.2) is 0 Å². The van der Waals surface area contributed by atoms with Crippen molar-refractivity contribution < 1.29 is 9.59 Å². The third-order valence-corrected chi connectivity index (χ3v) is 4.10. The average molecular weight is 327 g/mol. The number of rotatable bonds is 3. The Morgan fingerprint density at radius 1 is 1.13 bits per heavy atom. The normalized spacial score (nSPS) is 17.7. The molecule has 1 aliphatic heterocycles. The zero-order valence-corrected chi connectivity index (χ0v) is 13.3. The number of hydrogen-bond donors (Lipinski definition) is 0. The zero-order chi connectivity index (χ0) is 16.4. The molecule has 2 aromatic carbocycles. The SMILES string of the molecule is CN1C(=O)[C@H](C=NCc2ccc(Cl)cc2)C(=O)c2ccccc21. The number of nitrogens with zero attached hydrogens (tertiary/aromatic N) is 2. The van der Waals surface area contributed by atoms with E-state index in [2.05, 4.69) is 4.99 Å². The summed E-state index contributed by atoms with van der Waals surface area (Å²) in [5.74, 6) is -1.32. The molecule has 0 unspecified atom stereocenters. The number of ketones is 1. The van der Waals surface area contributed by atoms with E-state index in [-0.39, 0.29) is 11.7 Å². The Labute approximate surface area is 139 Å². The Morgan fingerprint density at radius 2 is 1.83 bits per heavy atom. The van der Waals surface area contributed by atoms with Crippen LogP contribution >= 0.6 is 11.6 Å². The van der Waals surface area contributed by atoms with Gasteiger partial charge in [0.25, 0.3) is 0 Å². The van der Waals surface area contributed by atoms with Crippen molar-refractivity contribution in [3.05, 3.63) is 64.7 Å². The first-order chi connectivity index (χ1) is 11.1. The van der Waals surface area contributed by atoms with Crippen molar-refractivity contribution >= 4 is 35.2 Å². The quantitative estimate of drug-likeness (QED) is 0.641. The Hall–Kier alpha value is -2.46. The summed E-state index contributed by atoms with van der Waals surface area (Å²) in [6, 6.07) is 14.4. The second-order valence-corrected chi connectivity index (χ2v) is 5.81. The highest BCUT2D eigenvalue weighted by Gasteiger charge is 2.36. The summed E-state index contributed by atoms with van der Waals surface area (Å²) in [5, 5.41) is 0.661. The minimum atomic E-state index is -0.859. The molecule has 1 heterocycles. The maximum atomic E-state index is 12.5. The summed E-state index contributed by atoms with van der Waals surface area (Å²) in [6.07, 6.45) is 1.45. The second-order valence-electron chi connectivity index (χ2n) is 5.37. The largest absolute Gasteiger partial charge is 0.314 e. The summed E-state index contributed by atoms with van der Waals surface area (Å²) in [6.45, 7) is 0.402. The van der Waals surface area contributed by atoms with Gasteiger partial charge in [0.2, 0.25) is 5.91 Å². The molecule has 0 spiro atoms. The van der Waals surface area contributed by atoms with Crippen molar-refractivity contribution in [2.45, 2.75) is 6.54 Å². The van der Waals surface area contributed by atoms with Crippen LogP contribution in [0, 0.1) is 5.92 Å². The van der Waals surface area contributed by atoms with Crippen LogP contribution < -0.4 is 4.90 Å². The molecular weight excluding hydrogens is 312 g/mol. The van der Waals surface area contributed by atoms with Crippen LogP contribution in [0.4, 0.5) is 5.69 Å². The molecule has 23 heavy (non-hydrogen) atoms. The molecule has 0 saturated heterocycles. The van der Waals surface area contributed by atoms with Gasteiger partial charge >= 0.3 is 0 Å². The molecule has 0 aliphatic carbocycles. The van der Waals surface area contributed by atoms with Crippen LogP contribution in [0.15, 0.2) is 53.5 Å². The van der Waals surface area contributed by atoms with Crippen LogP contribution in [0.5, 0.6) is 0 Å². The lowest BCUT2D eigenvalue weighted by atomic mass is 9.91. The summed E-state index contributed by atoms with van der Waals surface area (Å²) in [4.78, 5) is 30.7. The molecule has 3 rings (SSSR count). The van der Waals surface area contributed by atoms with Gasteiger partial charge in [0.15, 0.2) is 5.78 Å². The molecule has 0 radical (unpaired) electrons. The van der Waals surface area contributed by atoms with E-state index in [1.807, 2.05) is 18.2 Å².